The maximum atomic E-state index is 10.1. The van der Waals surface area contributed by atoms with Crippen LogP contribution in [0.4, 0.5) is 0 Å². The first-order valence-electron chi connectivity index (χ1n) is 10.1. The summed E-state index contributed by atoms with van der Waals surface area (Å²) < 4.78 is 0. The van der Waals surface area contributed by atoms with Crippen molar-refractivity contribution in [3.8, 4) is 5.75 Å². The van der Waals surface area contributed by atoms with Crippen LogP contribution in [0.25, 0.3) is 6.08 Å². The first-order chi connectivity index (χ1) is 12.8. The molecule has 0 amide bonds. The fourth-order valence-electron chi connectivity index (χ4n) is 5.84. The Kier molecular flexibility index (Phi) is 3.90. The van der Waals surface area contributed by atoms with Crippen molar-refractivity contribution in [1.82, 2.24) is 4.90 Å². The largest absolute Gasteiger partial charge is 0.508 e. The van der Waals surface area contributed by atoms with Gasteiger partial charge in [-0.2, -0.15) is 0 Å². The molecule has 2 aromatic carbocycles. The number of nitrogens with zero attached hydrogens (tertiary/aromatic N) is 1. The monoisotopic (exact) mass is 345 g/mol. The molecule has 2 nitrogen and oxygen atoms in total. The van der Waals surface area contributed by atoms with Crippen LogP contribution in [0, 0.1) is 5.92 Å². The molecule has 2 bridgehead atoms. The van der Waals surface area contributed by atoms with Gasteiger partial charge < -0.3 is 5.11 Å². The molecule has 26 heavy (non-hydrogen) atoms. The van der Waals surface area contributed by atoms with Gasteiger partial charge in [0.05, 0.1) is 0 Å². The standard InChI is InChI=1S/C24H27NO/c26-20-10-8-19-9-11-21-23-7-4-13-24(21,22(19)17-20)14-16-25(23)15-12-18-5-2-1-3-6-18/h1-3,5-6,8-11,17,21,23,26H,4,7,12-16H2/t21-,23+,24-/m1/s1. The zero-order valence-corrected chi connectivity index (χ0v) is 15.3. The Labute approximate surface area is 156 Å². The van der Waals surface area contributed by atoms with E-state index < -0.39 is 0 Å². The van der Waals surface area contributed by atoms with Crippen molar-refractivity contribution in [2.75, 3.05) is 13.1 Å². The minimum Gasteiger partial charge on any atom is -0.508 e. The van der Waals surface area contributed by atoms with Crippen LogP contribution in [0.15, 0.2) is 54.6 Å². The predicted octanol–water partition coefficient (Wildman–Crippen LogP) is 4.77. The van der Waals surface area contributed by atoms with Crippen LogP contribution < -0.4 is 0 Å². The number of hydrogen-bond donors (Lipinski definition) is 1. The summed E-state index contributed by atoms with van der Waals surface area (Å²) in [5, 5.41) is 10.1. The SMILES string of the molecule is Oc1ccc2c(c1)[C@@]13CCC[C@@H]([C@H]1C=C2)N(CCc1ccccc1)CC3. The molecule has 134 valence electrons. The molecule has 2 fully saturated rings. The smallest absolute Gasteiger partial charge is 0.115 e. The number of fused-ring (bicyclic) bond motifs is 1. The van der Waals surface area contributed by atoms with Gasteiger partial charge in [-0.3, -0.25) is 4.90 Å². The Balaban J connectivity index is 1.42. The van der Waals surface area contributed by atoms with Gasteiger partial charge in [-0.15, -0.1) is 0 Å². The lowest BCUT2D eigenvalue weighted by molar-refractivity contribution is 0.0105. The quantitative estimate of drug-likeness (QED) is 0.866. The van der Waals surface area contributed by atoms with Crippen LogP contribution in [-0.2, 0) is 11.8 Å². The van der Waals surface area contributed by atoms with Crippen molar-refractivity contribution in [3.05, 3.63) is 71.3 Å². The van der Waals surface area contributed by atoms with Crippen molar-refractivity contribution in [3.63, 3.8) is 0 Å². The summed E-state index contributed by atoms with van der Waals surface area (Å²) in [7, 11) is 0. The fourth-order valence-corrected chi connectivity index (χ4v) is 5.84. The second-order valence-electron chi connectivity index (χ2n) is 8.29. The molecular weight excluding hydrogens is 318 g/mol. The maximum absolute atomic E-state index is 10.1. The van der Waals surface area contributed by atoms with Crippen molar-refractivity contribution < 1.29 is 5.11 Å². The van der Waals surface area contributed by atoms with Crippen LogP contribution in [0.1, 0.15) is 42.4 Å². The number of piperidine rings is 1. The third kappa shape index (κ3) is 2.51. The van der Waals surface area contributed by atoms with E-state index in [1.807, 2.05) is 12.1 Å². The van der Waals surface area contributed by atoms with Crippen molar-refractivity contribution in [2.45, 2.75) is 43.6 Å². The van der Waals surface area contributed by atoms with E-state index in [-0.39, 0.29) is 5.41 Å². The molecule has 2 aromatic rings. The molecule has 5 rings (SSSR count). The molecule has 0 aromatic heterocycles. The van der Waals surface area contributed by atoms with Gasteiger partial charge in [0.15, 0.2) is 0 Å². The van der Waals surface area contributed by atoms with E-state index in [1.165, 1.54) is 48.9 Å². The summed E-state index contributed by atoms with van der Waals surface area (Å²) in [6.45, 7) is 2.33. The third-order valence-corrected chi connectivity index (χ3v) is 7.08. The van der Waals surface area contributed by atoms with Gasteiger partial charge in [0.1, 0.15) is 5.75 Å². The van der Waals surface area contributed by atoms with Gasteiger partial charge in [-0.25, -0.2) is 0 Å². The summed E-state index contributed by atoms with van der Waals surface area (Å²) in [6.07, 6.45) is 11.0. The maximum Gasteiger partial charge on any atom is 0.115 e. The summed E-state index contributed by atoms with van der Waals surface area (Å²) in [4.78, 5) is 2.74. The average molecular weight is 345 g/mol. The molecule has 0 spiro atoms. The van der Waals surface area contributed by atoms with Crippen molar-refractivity contribution in [1.29, 1.82) is 0 Å². The molecule has 3 atom stereocenters. The number of phenolic OH excluding ortho intramolecular Hbond substituents is 1. The lowest BCUT2D eigenvalue weighted by atomic mass is 9.54. The van der Waals surface area contributed by atoms with E-state index in [2.05, 4.69) is 53.5 Å². The topological polar surface area (TPSA) is 23.5 Å². The second-order valence-corrected chi connectivity index (χ2v) is 8.29. The van der Waals surface area contributed by atoms with Crippen molar-refractivity contribution >= 4 is 6.08 Å². The van der Waals surface area contributed by atoms with E-state index in [0.717, 1.165) is 13.0 Å². The van der Waals surface area contributed by atoms with Gasteiger partial charge in [-0.05, 0) is 61.1 Å². The highest BCUT2D eigenvalue weighted by atomic mass is 16.3. The third-order valence-electron chi connectivity index (χ3n) is 7.08. The molecule has 1 aliphatic heterocycles. The highest BCUT2D eigenvalue weighted by Crippen LogP contribution is 2.55. The lowest BCUT2D eigenvalue weighted by Crippen LogP contribution is -2.59. The molecule has 1 N–H and O–H groups in total. The zero-order valence-electron chi connectivity index (χ0n) is 15.3. The number of aromatic hydroxyl groups is 1. The fraction of sp³-hybridized carbons (Fsp3) is 0.417. The van der Waals surface area contributed by atoms with Gasteiger partial charge in [0, 0.05) is 23.9 Å². The summed E-state index contributed by atoms with van der Waals surface area (Å²) in [5.41, 5.74) is 4.40. The van der Waals surface area contributed by atoms with Gasteiger partial charge in [0.25, 0.3) is 0 Å². The highest BCUT2D eigenvalue weighted by molar-refractivity contribution is 5.62. The second kappa shape index (κ2) is 6.28. The lowest BCUT2D eigenvalue weighted by Gasteiger charge is -2.57. The predicted molar refractivity (Wildman–Crippen MR) is 106 cm³/mol. The molecule has 1 saturated carbocycles. The number of likely N-dealkylation sites (tertiary alicyclic amines) is 1. The Hall–Kier alpha value is -2.06. The van der Waals surface area contributed by atoms with Crippen LogP contribution in [-0.4, -0.2) is 29.1 Å². The van der Waals surface area contributed by atoms with Gasteiger partial charge in [0.2, 0.25) is 0 Å². The summed E-state index contributed by atoms with van der Waals surface area (Å²) in [5.74, 6) is 1.01. The van der Waals surface area contributed by atoms with E-state index in [1.54, 1.807) is 0 Å². The first kappa shape index (κ1) is 16.1. The molecule has 1 saturated heterocycles. The number of hydrogen-bond acceptors (Lipinski definition) is 2. The molecule has 2 heteroatoms. The molecule has 3 aliphatic rings. The normalized spacial score (nSPS) is 29.8. The number of rotatable bonds is 3. The van der Waals surface area contributed by atoms with Gasteiger partial charge >= 0.3 is 0 Å². The van der Waals surface area contributed by atoms with E-state index >= 15 is 0 Å². The number of phenols is 1. The molecule has 0 unspecified atom stereocenters. The molecule has 2 aliphatic carbocycles. The van der Waals surface area contributed by atoms with Gasteiger partial charge in [-0.1, -0.05) is 55.0 Å². The van der Waals surface area contributed by atoms with Crippen LogP contribution >= 0.6 is 0 Å². The van der Waals surface area contributed by atoms with E-state index in [9.17, 15) is 5.11 Å². The first-order valence-corrected chi connectivity index (χ1v) is 10.1. The number of benzene rings is 2. The summed E-state index contributed by atoms with van der Waals surface area (Å²) >= 11 is 0. The minimum absolute atomic E-state index is 0.245. The minimum atomic E-state index is 0.245. The summed E-state index contributed by atoms with van der Waals surface area (Å²) in [6, 6.07) is 17.5. The molecule has 0 radical (unpaired) electrons. The van der Waals surface area contributed by atoms with Crippen LogP contribution in [0.2, 0.25) is 0 Å². The highest BCUT2D eigenvalue weighted by Gasteiger charge is 2.52. The van der Waals surface area contributed by atoms with E-state index in [4.69, 9.17) is 0 Å². The average Bonchev–Trinajstić information content (AvgIpc) is 2.67. The Morgan fingerprint density at radius 2 is 1.96 bits per heavy atom. The van der Waals surface area contributed by atoms with E-state index in [0.29, 0.717) is 17.7 Å². The molecular formula is C24H27NO. The Bertz CT molecular complexity index is 827. The van der Waals surface area contributed by atoms with Crippen LogP contribution in [0.5, 0.6) is 5.75 Å². The van der Waals surface area contributed by atoms with Crippen LogP contribution in [0.3, 0.4) is 0 Å². The van der Waals surface area contributed by atoms with Crippen molar-refractivity contribution in [2.24, 2.45) is 5.92 Å². The Morgan fingerprint density at radius 3 is 2.85 bits per heavy atom. The molecule has 1 heterocycles. The Morgan fingerprint density at radius 1 is 1.08 bits per heavy atom. The zero-order chi connectivity index (χ0) is 17.6.